The number of halogens is 1. The van der Waals surface area contributed by atoms with Crippen LogP contribution in [0.3, 0.4) is 0 Å². The van der Waals surface area contributed by atoms with Crippen molar-refractivity contribution >= 4 is 17.3 Å². The third kappa shape index (κ3) is 3.14. The second-order valence-electron chi connectivity index (χ2n) is 6.63. The molecule has 1 aromatic carbocycles. The summed E-state index contributed by atoms with van der Waals surface area (Å²) in [6, 6.07) is 7.00. The Hall–Kier alpha value is -0.930. The minimum Gasteiger partial charge on any atom is -0.495 e. The highest BCUT2D eigenvalue weighted by molar-refractivity contribution is 6.30. The molecular weight excluding hydrogens is 284 g/mol. The third-order valence-electron chi connectivity index (χ3n) is 4.79. The summed E-state index contributed by atoms with van der Waals surface area (Å²) in [5.74, 6) is 2.36. The zero-order valence-corrected chi connectivity index (χ0v) is 13.9. The number of benzene rings is 1. The molecule has 1 aromatic rings. The van der Waals surface area contributed by atoms with E-state index < -0.39 is 0 Å². The molecule has 2 atom stereocenters. The molecule has 4 heteroatoms. The van der Waals surface area contributed by atoms with Crippen molar-refractivity contribution in [3.8, 4) is 5.75 Å². The van der Waals surface area contributed by atoms with Crippen LogP contribution in [0.5, 0.6) is 5.75 Å². The molecule has 1 saturated carbocycles. The van der Waals surface area contributed by atoms with E-state index >= 15 is 0 Å². The minimum absolute atomic E-state index is 0.479. The summed E-state index contributed by atoms with van der Waals surface area (Å²) in [5.41, 5.74) is 1.14. The first-order valence-corrected chi connectivity index (χ1v) is 8.31. The van der Waals surface area contributed by atoms with Crippen LogP contribution in [0.15, 0.2) is 18.2 Å². The molecule has 1 aliphatic carbocycles. The predicted molar refractivity (Wildman–Crippen MR) is 88.5 cm³/mol. The molecule has 0 spiro atoms. The van der Waals surface area contributed by atoms with Crippen LogP contribution in [0, 0.1) is 11.8 Å². The Kier molecular flexibility index (Phi) is 4.32. The van der Waals surface area contributed by atoms with Crippen LogP contribution >= 0.6 is 11.6 Å². The average Bonchev–Trinajstić information content (AvgIpc) is 3.31. The summed E-state index contributed by atoms with van der Waals surface area (Å²) in [5, 5.41) is 4.52. The smallest absolute Gasteiger partial charge is 0.142 e. The van der Waals surface area contributed by atoms with E-state index in [-0.39, 0.29) is 0 Å². The normalized spacial score (nSPS) is 26.2. The van der Waals surface area contributed by atoms with E-state index in [4.69, 9.17) is 16.3 Å². The molecular formula is C17H25ClN2O. The van der Waals surface area contributed by atoms with Gasteiger partial charge in [-0.1, -0.05) is 25.4 Å². The van der Waals surface area contributed by atoms with Gasteiger partial charge in [0.2, 0.25) is 0 Å². The molecule has 1 N–H and O–H groups in total. The molecule has 0 amide bonds. The molecule has 1 heterocycles. The van der Waals surface area contributed by atoms with Crippen molar-refractivity contribution in [1.29, 1.82) is 0 Å². The number of methoxy groups -OCH3 is 1. The van der Waals surface area contributed by atoms with E-state index in [1.54, 1.807) is 7.11 Å². The van der Waals surface area contributed by atoms with E-state index in [1.165, 1.54) is 12.8 Å². The minimum atomic E-state index is 0.479. The molecule has 21 heavy (non-hydrogen) atoms. The fourth-order valence-electron chi connectivity index (χ4n) is 3.37. The second-order valence-corrected chi connectivity index (χ2v) is 7.07. The fourth-order valence-corrected chi connectivity index (χ4v) is 3.54. The molecule has 3 rings (SSSR count). The first-order valence-electron chi connectivity index (χ1n) is 7.93. The van der Waals surface area contributed by atoms with Crippen molar-refractivity contribution in [2.45, 2.75) is 38.8 Å². The zero-order chi connectivity index (χ0) is 15.0. The van der Waals surface area contributed by atoms with E-state index in [1.807, 2.05) is 18.2 Å². The molecule has 2 unspecified atom stereocenters. The third-order valence-corrected chi connectivity index (χ3v) is 5.03. The molecule has 2 fully saturated rings. The molecule has 0 aromatic heterocycles. The summed E-state index contributed by atoms with van der Waals surface area (Å²) in [4.78, 5) is 2.51. The van der Waals surface area contributed by atoms with Crippen molar-refractivity contribution in [1.82, 2.24) is 5.32 Å². The van der Waals surface area contributed by atoms with Gasteiger partial charge in [-0.2, -0.15) is 0 Å². The number of nitrogens with one attached hydrogen (secondary N) is 1. The van der Waals surface area contributed by atoms with Gasteiger partial charge in [-0.15, -0.1) is 0 Å². The van der Waals surface area contributed by atoms with Gasteiger partial charge in [-0.05, 0) is 42.9 Å². The zero-order valence-electron chi connectivity index (χ0n) is 13.1. The lowest BCUT2D eigenvalue weighted by Gasteiger charge is -2.44. The molecule has 1 aliphatic heterocycles. The van der Waals surface area contributed by atoms with Gasteiger partial charge in [-0.25, -0.2) is 0 Å². The van der Waals surface area contributed by atoms with Gasteiger partial charge in [0.05, 0.1) is 12.8 Å². The van der Waals surface area contributed by atoms with Gasteiger partial charge in [0.1, 0.15) is 5.75 Å². The van der Waals surface area contributed by atoms with Crippen LogP contribution in [0.1, 0.15) is 26.7 Å². The van der Waals surface area contributed by atoms with Gasteiger partial charge >= 0.3 is 0 Å². The molecule has 2 aliphatic rings. The highest BCUT2D eigenvalue weighted by atomic mass is 35.5. The van der Waals surface area contributed by atoms with E-state index in [0.717, 1.165) is 35.5 Å². The lowest BCUT2D eigenvalue weighted by molar-refractivity contribution is 0.316. The Bertz CT molecular complexity index is 502. The maximum Gasteiger partial charge on any atom is 0.142 e. The summed E-state index contributed by atoms with van der Waals surface area (Å²) in [6.45, 7) is 6.65. The Morgan fingerprint density at radius 3 is 2.71 bits per heavy atom. The first-order chi connectivity index (χ1) is 10.1. The Morgan fingerprint density at radius 1 is 1.33 bits per heavy atom. The van der Waals surface area contributed by atoms with E-state index in [0.29, 0.717) is 18.0 Å². The largest absolute Gasteiger partial charge is 0.495 e. The number of ether oxygens (including phenoxy) is 1. The average molecular weight is 309 g/mol. The lowest BCUT2D eigenvalue weighted by atomic mass is 9.96. The van der Waals surface area contributed by atoms with Crippen molar-refractivity contribution < 1.29 is 4.74 Å². The molecule has 0 radical (unpaired) electrons. The molecule has 116 valence electrons. The standard InChI is InChI=1S/C17H25ClN2O/c1-11(2)16-9-19-14(12-4-5-12)10-20(16)15-8-13(18)6-7-17(15)21-3/h6-8,11-12,14,16,19H,4-5,9-10H2,1-3H3. The summed E-state index contributed by atoms with van der Waals surface area (Å²) in [6.07, 6.45) is 2.73. The van der Waals surface area contributed by atoms with Crippen LogP contribution in [-0.4, -0.2) is 32.3 Å². The number of hydrogen-bond acceptors (Lipinski definition) is 3. The predicted octanol–water partition coefficient (Wildman–Crippen LogP) is 3.56. The van der Waals surface area contributed by atoms with Gasteiger partial charge in [-0.3, -0.25) is 0 Å². The van der Waals surface area contributed by atoms with Crippen LogP contribution in [0.2, 0.25) is 5.02 Å². The van der Waals surface area contributed by atoms with Crippen molar-refractivity contribution in [3.05, 3.63) is 23.2 Å². The first kappa shape index (κ1) is 15.0. The van der Waals surface area contributed by atoms with Gasteiger partial charge in [0.15, 0.2) is 0 Å². The quantitative estimate of drug-likeness (QED) is 0.920. The highest BCUT2D eigenvalue weighted by Gasteiger charge is 2.38. The summed E-state index contributed by atoms with van der Waals surface area (Å²) in [7, 11) is 1.73. The number of rotatable bonds is 4. The van der Waals surface area contributed by atoms with Crippen LogP contribution < -0.4 is 15.0 Å². The molecule has 1 saturated heterocycles. The molecule has 3 nitrogen and oxygen atoms in total. The Morgan fingerprint density at radius 2 is 2.10 bits per heavy atom. The van der Waals surface area contributed by atoms with Gasteiger partial charge in [0, 0.05) is 30.2 Å². The number of hydrogen-bond donors (Lipinski definition) is 1. The molecule has 0 bridgehead atoms. The van der Waals surface area contributed by atoms with Gasteiger partial charge in [0.25, 0.3) is 0 Å². The Balaban J connectivity index is 1.92. The second kappa shape index (κ2) is 6.05. The van der Waals surface area contributed by atoms with Crippen molar-refractivity contribution in [3.63, 3.8) is 0 Å². The Labute approximate surface area is 132 Å². The highest BCUT2D eigenvalue weighted by Crippen LogP contribution is 2.39. The van der Waals surface area contributed by atoms with Gasteiger partial charge < -0.3 is 15.0 Å². The van der Waals surface area contributed by atoms with Crippen molar-refractivity contribution in [2.24, 2.45) is 11.8 Å². The summed E-state index contributed by atoms with van der Waals surface area (Å²) < 4.78 is 5.57. The van der Waals surface area contributed by atoms with E-state index in [2.05, 4.69) is 24.1 Å². The number of anilines is 1. The van der Waals surface area contributed by atoms with Crippen LogP contribution in [-0.2, 0) is 0 Å². The monoisotopic (exact) mass is 308 g/mol. The van der Waals surface area contributed by atoms with Crippen LogP contribution in [0.4, 0.5) is 5.69 Å². The van der Waals surface area contributed by atoms with Crippen LogP contribution in [0.25, 0.3) is 0 Å². The van der Waals surface area contributed by atoms with E-state index in [9.17, 15) is 0 Å². The maximum absolute atomic E-state index is 6.23. The number of nitrogens with zero attached hydrogens (tertiary/aromatic N) is 1. The van der Waals surface area contributed by atoms with Crippen molar-refractivity contribution in [2.75, 3.05) is 25.1 Å². The maximum atomic E-state index is 6.23. The lowest BCUT2D eigenvalue weighted by Crippen LogP contribution is -2.59. The summed E-state index contributed by atoms with van der Waals surface area (Å²) >= 11 is 6.23. The SMILES string of the molecule is COc1ccc(Cl)cc1N1CC(C2CC2)NCC1C(C)C. The fraction of sp³-hybridized carbons (Fsp3) is 0.647. The topological polar surface area (TPSA) is 24.5 Å². The number of piperazine rings is 1.